The highest BCUT2D eigenvalue weighted by Gasteiger charge is 2.24. The summed E-state index contributed by atoms with van der Waals surface area (Å²) in [6, 6.07) is 1.81. The van der Waals surface area contributed by atoms with Crippen molar-refractivity contribution in [3.8, 4) is 0 Å². The number of esters is 1. The zero-order chi connectivity index (χ0) is 15.5. The van der Waals surface area contributed by atoms with Crippen LogP contribution in [-0.4, -0.2) is 66.3 Å². The number of furan rings is 1. The number of piperazine rings is 1. The van der Waals surface area contributed by atoms with Gasteiger partial charge in [-0.3, -0.25) is 9.80 Å². The number of carbonyl (C=O) groups excluding carboxylic acids is 1. The van der Waals surface area contributed by atoms with Gasteiger partial charge in [-0.1, -0.05) is 0 Å². The molecule has 0 bridgehead atoms. The van der Waals surface area contributed by atoms with Crippen LogP contribution in [0.3, 0.4) is 0 Å². The van der Waals surface area contributed by atoms with E-state index in [0.29, 0.717) is 13.1 Å². The Balaban J connectivity index is 1.87. The molecule has 21 heavy (non-hydrogen) atoms. The molecule has 1 aliphatic rings. The molecule has 1 aliphatic heterocycles. The number of methoxy groups -OCH3 is 1. The van der Waals surface area contributed by atoms with Gasteiger partial charge < -0.3 is 14.3 Å². The van der Waals surface area contributed by atoms with E-state index < -0.39 is 11.6 Å². The lowest BCUT2D eigenvalue weighted by Gasteiger charge is -2.37. The van der Waals surface area contributed by atoms with E-state index in [0.717, 1.165) is 31.7 Å². The average Bonchev–Trinajstić information content (AvgIpc) is 2.86. The molecule has 0 aromatic carbocycles. The largest absolute Gasteiger partial charge is 0.463 e. The number of β-amino-alcohol motifs (C(OH)–C–C–N with tert-alkyl or cyclic N) is 1. The fourth-order valence-corrected chi connectivity index (χ4v) is 2.63. The third-order valence-electron chi connectivity index (χ3n) is 3.59. The monoisotopic (exact) mass is 296 g/mol. The van der Waals surface area contributed by atoms with Gasteiger partial charge in [-0.25, -0.2) is 4.79 Å². The van der Waals surface area contributed by atoms with Crippen molar-refractivity contribution in [1.82, 2.24) is 9.80 Å². The van der Waals surface area contributed by atoms with Gasteiger partial charge in [0.2, 0.25) is 5.76 Å². The summed E-state index contributed by atoms with van der Waals surface area (Å²) in [4.78, 5) is 16.1. The maximum absolute atomic E-state index is 11.6. The summed E-state index contributed by atoms with van der Waals surface area (Å²) < 4.78 is 9.91. The molecule has 2 rings (SSSR count). The Morgan fingerprint density at radius 2 is 1.95 bits per heavy atom. The highest BCUT2D eigenvalue weighted by Crippen LogP contribution is 2.16. The standard InChI is InChI=1S/C15H24N2O4/c1-15(2,19)11-17-7-5-16(6-8-17)10-12-4-9-21-13(12)14(18)20-3/h4,9,19H,5-8,10-11H2,1-3H3. The molecule has 2 heterocycles. The zero-order valence-electron chi connectivity index (χ0n) is 13.0. The molecule has 6 heteroatoms. The SMILES string of the molecule is COC(=O)c1occc1CN1CCN(CC(C)(C)O)CC1. The molecule has 6 nitrogen and oxygen atoms in total. The Labute approximate surface area is 125 Å². The number of carbonyl (C=O) groups is 1. The molecule has 0 unspecified atom stereocenters. The summed E-state index contributed by atoms with van der Waals surface area (Å²) in [6.45, 7) is 8.65. The molecule has 1 aromatic rings. The van der Waals surface area contributed by atoms with Crippen molar-refractivity contribution in [3.63, 3.8) is 0 Å². The summed E-state index contributed by atoms with van der Waals surface area (Å²) in [5.74, 6) is -0.146. The van der Waals surface area contributed by atoms with E-state index in [9.17, 15) is 9.90 Å². The first-order valence-electron chi connectivity index (χ1n) is 7.21. The maximum atomic E-state index is 11.6. The highest BCUT2D eigenvalue weighted by atomic mass is 16.5. The van der Waals surface area contributed by atoms with Crippen LogP contribution in [0.5, 0.6) is 0 Å². The van der Waals surface area contributed by atoms with Crippen molar-refractivity contribution in [2.75, 3.05) is 39.8 Å². The predicted octanol–water partition coefficient (Wildman–Crippen LogP) is 0.955. The van der Waals surface area contributed by atoms with Crippen LogP contribution < -0.4 is 0 Å². The van der Waals surface area contributed by atoms with Crippen molar-refractivity contribution < 1.29 is 19.1 Å². The normalized spacial score (nSPS) is 17.9. The summed E-state index contributed by atoms with van der Waals surface area (Å²) in [5.41, 5.74) is 0.197. The minimum absolute atomic E-state index is 0.288. The molecule has 1 N–H and O–H groups in total. The fraction of sp³-hybridized carbons (Fsp3) is 0.667. The van der Waals surface area contributed by atoms with Gasteiger partial charge in [0, 0.05) is 44.8 Å². The van der Waals surface area contributed by atoms with Crippen LogP contribution >= 0.6 is 0 Å². The van der Waals surface area contributed by atoms with Gasteiger partial charge in [-0.05, 0) is 19.9 Å². The van der Waals surface area contributed by atoms with E-state index in [1.807, 2.05) is 19.9 Å². The number of hydrogen-bond donors (Lipinski definition) is 1. The number of aliphatic hydroxyl groups is 1. The van der Waals surface area contributed by atoms with Gasteiger partial charge in [0.05, 0.1) is 19.0 Å². The Morgan fingerprint density at radius 1 is 1.33 bits per heavy atom. The Hall–Kier alpha value is -1.37. The number of hydrogen-bond acceptors (Lipinski definition) is 6. The second-order valence-corrected chi connectivity index (χ2v) is 6.13. The molecule has 0 spiro atoms. The number of nitrogens with zero attached hydrogens (tertiary/aromatic N) is 2. The molecular formula is C15H24N2O4. The van der Waals surface area contributed by atoms with Gasteiger partial charge in [0.15, 0.2) is 0 Å². The van der Waals surface area contributed by atoms with Gasteiger partial charge >= 0.3 is 5.97 Å². The predicted molar refractivity (Wildman–Crippen MR) is 78.1 cm³/mol. The van der Waals surface area contributed by atoms with E-state index in [1.54, 1.807) is 0 Å². The van der Waals surface area contributed by atoms with Crippen LogP contribution in [0.1, 0.15) is 30.0 Å². The van der Waals surface area contributed by atoms with E-state index in [-0.39, 0.29) is 5.76 Å². The van der Waals surface area contributed by atoms with Crippen LogP contribution in [0, 0.1) is 0 Å². The third kappa shape index (κ3) is 4.56. The molecule has 0 saturated carbocycles. The molecule has 1 aromatic heterocycles. The molecule has 0 radical (unpaired) electrons. The van der Waals surface area contributed by atoms with Gasteiger partial charge in [-0.2, -0.15) is 0 Å². The van der Waals surface area contributed by atoms with Gasteiger partial charge in [0.25, 0.3) is 0 Å². The van der Waals surface area contributed by atoms with Gasteiger partial charge in [0.1, 0.15) is 0 Å². The highest BCUT2D eigenvalue weighted by molar-refractivity contribution is 5.87. The molecule has 1 fully saturated rings. The molecule has 118 valence electrons. The van der Waals surface area contributed by atoms with Crippen LogP contribution in [0.15, 0.2) is 16.7 Å². The quantitative estimate of drug-likeness (QED) is 0.816. The smallest absolute Gasteiger partial charge is 0.374 e. The van der Waals surface area contributed by atoms with Crippen molar-refractivity contribution in [2.45, 2.75) is 26.0 Å². The van der Waals surface area contributed by atoms with E-state index in [4.69, 9.17) is 9.15 Å². The van der Waals surface area contributed by atoms with E-state index in [2.05, 4.69) is 9.80 Å². The van der Waals surface area contributed by atoms with Crippen LogP contribution in [-0.2, 0) is 11.3 Å². The van der Waals surface area contributed by atoms with Crippen molar-refractivity contribution >= 4 is 5.97 Å². The average molecular weight is 296 g/mol. The molecule has 0 atom stereocenters. The number of rotatable bonds is 5. The topological polar surface area (TPSA) is 66.2 Å². The molecule has 0 aliphatic carbocycles. The van der Waals surface area contributed by atoms with Crippen molar-refractivity contribution in [1.29, 1.82) is 0 Å². The first-order chi connectivity index (χ1) is 9.89. The molecule has 1 saturated heterocycles. The second kappa shape index (κ2) is 6.60. The van der Waals surface area contributed by atoms with Crippen LogP contribution in [0.25, 0.3) is 0 Å². The minimum atomic E-state index is -0.662. The second-order valence-electron chi connectivity index (χ2n) is 6.13. The lowest BCUT2D eigenvalue weighted by Crippen LogP contribution is -2.50. The number of ether oxygens (including phenoxy) is 1. The van der Waals surface area contributed by atoms with E-state index >= 15 is 0 Å². The lowest BCUT2D eigenvalue weighted by molar-refractivity contribution is 0.0165. The third-order valence-corrected chi connectivity index (χ3v) is 3.59. The maximum Gasteiger partial charge on any atom is 0.374 e. The summed E-state index contributed by atoms with van der Waals surface area (Å²) in [5, 5.41) is 9.85. The lowest BCUT2D eigenvalue weighted by atomic mass is 10.1. The zero-order valence-corrected chi connectivity index (χ0v) is 13.0. The Morgan fingerprint density at radius 3 is 2.52 bits per heavy atom. The van der Waals surface area contributed by atoms with Crippen LogP contribution in [0.2, 0.25) is 0 Å². The fourth-order valence-electron chi connectivity index (χ4n) is 2.63. The van der Waals surface area contributed by atoms with Crippen LogP contribution in [0.4, 0.5) is 0 Å². The molecular weight excluding hydrogens is 272 g/mol. The Bertz CT molecular complexity index is 470. The first kappa shape index (κ1) is 16.0. The minimum Gasteiger partial charge on any atom is -0.463 e. The van der Waals surface area contributed by atoms with Gasteiger partial charge in [-0.15, -0.1) is 0 Å². The van der Waals surface area contributed by atoms with E-state index in [1.165, 1.54) is 13.4 Å². The summed E-state index contributed by atoms with van der Waals surface area (Å²) in [7, 11) is 1.35. The van der Waals surface area contributed by atoms with Crippen molar-refractivity contribution in [2.24, 2.45) is 0 Å². The van der Waals surface area contributed by atoms with Crippen molar-refractivity contribution in [3.05, 3.63) is 23.7 Å². The summed E-state index contributed by atoms with van der Waals surface area (Å²) in [6.07, 6.45) is 1.52. The molecule has 0 amide bonds. The summed E-state index contributed by atoms with van der Waals surface area (Å²) >= 11 is 0. The first-order valence-corrected chi connectivity index (χ1v) is 7.21. The Kier molecular flexibility index (Phi) is 5.03.